The Kier molecular flexibility index (Phi) is 4.39. The highest BCUT2D eigenvalue weighted by Gasteiger charge is 2.35. The number of benzene rings is 1. The largest absolute Gasteiger partial charge is 0.497 e. The van der Waals surface area contributed by atoms with Gasteiger partial charge >= 0.3 is 0 Å². The average molecular weight is 264 g/mol. The Balaban J connectivity index is 1.83. The van der Waals surface area contributed by atoms with E-state index in [-0.39, 0.29) is 24.6 Å². The summed E-state index contributed by atoms with van der Waals surface area (Å²) >= 11 is 0. The molecule has 1 saturated carbocycles. The lowest BCUT2D eigenvalue weighted by Gasteiger charge is -2.41. The molecule has 0 aromatic heterocycles. The van der Waals surface area contributed by atoms with Crippen molar-refractivity contribution in [2.24, 2.45) is 0 Å². The van der Waals surface area contributed by atoms with Gasteiger partial charge in [-0.1, -0.05) is 6.07 Å². The number of ether oxygens (including phenoxy) is 1. The van der Waals surface area contributed by atoms with E-state index < -0.39 is 0 Å². The highest BCUT2D eigenvalue weighted by Crippen LogP contribution is 2.30. The van der Waals surface area contributed by atoms with Crippen molar-refractivity contribution in [3.63, 3.8) is 0 Å². The molecule has 1 aromatic carbocycles. The first kappa shape index (κ1) is 13.8. The number of aliphatic hydroxyl groups excluding tert-OH is 1. The van der Waals surface area contributed by atoms with E-state index in [1.165, 1.54) is 0 Å². The Labute approximate surface area is 113 Å². The van der Waals surface area contributed by atoms with Gasteiger partial charge in [0.1, 0.15) is 5.75 Å². The predicted octanol–water partition coefficient (Wildman–Crippen LogP) is 1.14. The van der Waals surface area contributed by atoms with Gasteiger partial charge in [-0.15, -0.1) is 0 Å². The number of aliphatic hydroxyl groups is 1. The van der Waals surface area contributed by atoms with Crippen LogP contribution in [0.25, 0.3) is 0 Å². The first-order valence-corrected chi connectivity index (χ1v) is 6.47. The van der Waals surface area contributed by atoms with E-state index in [1.54, 1.807) is 13.2 Å². The molecule has 3 N–H and O–H groups in total. The van der Waals surface area contributed by atoms with Gasteiger partial charge in [-0.2, -0.15) is 0 Å². The fraction of sp³-hybridized carbons (Fsp3) is 0.500. The molecule has 1 fully saturated rings. The number of hydrogen-bond donors (Lipinski definition) is 3. The molecule has 1 amide bonds. The molecule has 0 unspecified atom stereocenters. The average Bonchev–Trinajstić information content (AvgIpc) is 2.38. The van der Waals surface area contributed by atoms with Crippen molar-refractivity contribution in [1.82, 2.24) is 5.32 Å². The molecule has 0 atom stereocenters. The van der Waals surface area contributed by atoms with Gasteiger partial charge in [0.2, 0.25) is 5.91 Å². The molecule has 0 aliphatic heterocycles. The van der Waals surface area contributed by atoms with Crippen LogP contribution in [0.15, 0.2) is 24.3 Å². The number of nitrogens with one attached hydrogen (secondary N) is 2. The topological polar surface area (TPSA) is 70.6 Å². The second-order valence-corrected chi connectivity index (χ2v) is 4.93. The van der Waals surface area contributed by atoms with E-state index in [4.69, 9.17) is 4.74 Å². The van der Waals surface area contributed by atoms with Crippen molar-refractivity contribution in [1.29, 1.82) is 0 Å². The van der Waals surface area contributed by atoms with Crippen LogP contribution in [0, 0.1) is 0 Å². The van der Waals surface area contributed by atoms with Gasteiger partial charge in [-0.05, 0) is 31.4 Å². The summed E-state index contributed by atoms with van der Waals surface area (Å²) in [6.45, 7) is 0.289. The van der Waals surface area contributed by atoms with Crippen LogP contribution in [-0.4, -0.2) is 36.8 Å². The summed E-state index contributed by atoms with van der Waals surface area (Å²) in [6.07, 6.45) is 2.96. The van der Waals surface area contributed by atoms with Crippen molar-refractivity contribution in [2.75, 3.05) is 25.6 Å². The summed E-state index contributed by atoms with van der Waals surface area (Å²) in [5, 5.41) is 15.2. The van der Waals surface area contributed by atoms with E-state index in [1.807, 2.05) is 18.2 Å². The second-order valence-electron chi connectivity index (χ2n) is 4.93. The zero-order valence-corrected chi connectivity index (χ0v) is 11.1. The van der Waals surface area contributed by atoms with E-state index in [2.05, 4.69) is 10.6 Å². The minimum atomic E-state index is -0.244. The maximum absolute atomic E-state index is 11.8. The highest BCUT2D eigenvalue weighted by molar-refractivity contribution is 5.92. The normalized spacial score (nSPS) is 16.5. The smallest absolute Gasteiger partial charge is 0.238 e. The fourth-order valence-corrected chi connectivity index (χ4v) is 2.17. The van der Waals surface area contributed by atoms with E-state index in [0.717, 1.165) is 19.3 Å². The third kappa shape index (κ3) is 3.45. The monoisotopic (exact) mass is 264 g/mol. The number of carbonyl (C=O) groups is 1. The van der Waals surface area contributed by atoms with Gasteiger partial charge < -0.3 is 20.5 Å². The van der Waals surface area contributed by atoms with Crippen LogP contribution in [0.2, 0.25) is 0 Å². The molecule has 5 heteroatoms. The third-order valence-corrected chi connectivity index (χ3v) is 3.59. The number of hydrogen-bond acceptors (Lipinski definition) is 4. The van der Waals surface area contributed by atoms with Crippen LogP contribution in [0.1, 0.15) is 19.3 Å². The van der Waals surface area contributed by atoms with Gasteiger partial charge in [0.05, 0.1) is 20.3 Å². The summed E-state index contributed by atoms with van der Waals surface area (Å²) < 4.78 is 5.09. The molecule has 5 nitrogen and oxygen atoms in total. The van der Waals surface area contributed by atoms with Crippen LogP contribution in [0.5, 0.6) is 5.75 Å². The second kappa shape index (κ2) is 6.04. The highest BCUT2D eigenvalue weighted by atomic mass is 16.5. The van der Waals surface area contributed by atoms with E-state index in [0.29, 0.717) is 11.4 Å². The molecule has 1 aromatic rings. The molecule has 19 heavy (non-hydrogen) atoms. The quantitative estimate of drug-likeness (QED) is 0.720. The standard InChI is InChI=1S/C14H20N2O3/c1-19-12-5-2-4-11(8-12)16-13(18)9-15-14(10-17)6-3-7-14/h2,4-5,8,15,17H,3,6-7,9-10H2,1H3,(H,16,18). The lowest BCUT2D eigenvalue weighted by atomic mass is 9.77. The number of amides is 1. The van der Waals surface area contributed by atoms with Crippen molar-refractivity contribution < 1.29 is 14.6 Å². The third-order valence-electron chi connectivity index (χ3n) is 3.59. The van der Waals surface area contributed by atoms with Crippen molar-refractivity contribution in [3.8, 4) is 5.75 Å². The molecule has 0 heterocycles. The lowest BCUT2D eigenvalue weighted by molar-refractivity contribution is -0.116. The van der Waals surface area contributed by atoms with Gasteiger partial charge in [0, 0.05) is 17.3 Å². The van der Waals surface area contributed by atoms with Gasteiger partial charge in [-0.25, -0.2) is 0 Å². The van der Waals surface area contributed by atoms with Crippen LogP contribution in [0.4, 0.5) is 5.69 Å². The fourth-order valence-electron chi connectivity index (χ4n) is 2.17. The Bertz CT molecular complexity index is 439. The Morgan fingerprint density at radius 2 is 2.26 bits per heavy atom. The Morgan fingerprint density at radius 3 is 2.84 bits per heavy atom. The number of anilines is 1. The Morgan fingerprint density at radius 1 is 1.47 bits per heavy atom. The number of methoxy groups -OCH3 is 1. The summed E-state index contributed by atoms with van der Waals surface area (Å²) in [7, 11) is 1.59. The van der Waals surface area contributed by atoms with Gasteiger partial charge in [-0.3, -0.25) is 4.79 Å². The van der Waals surface area contributed by atoms with Crippen molar-refractivity contribution in [3.05, 3.63) is 24.3 Å². The van der Waals surface area contributed by atoms with Gasteiger partial charge in [0.25, 0.3) is 0 Å². The summed E-state index contributed by atoms with van der Waals surface area (Å²) in [4.78, 5) is 11.8. The molecular formula is C14H20N2O3. The van der Waals surface area contributed by atoms with E-state index in [9.17, 15) is 9.90 Å². The maximum atomic E-state index is 11.8. The minimum absolute atomic E-state index is 0.0828. The van der Waals surface area contributed by atoms with Crippen LogP contribution in [0.3, 0.4) is 0 Å². The van der Waals surface area contributed by atoms with Crippen LogP contribution < -0.4 is 15.4 Å². The van der Waals surface area contributed by atoms with Gasteiger partial charge in [0.15, 0.2) is 0 Å². The zero-order chi connectivity index (χ0) is 13.7. The van der Waals surface area contributed by atoms with E-state index >= 15 is 0 Å². The molecule has 0 radical (unpaired) electrons. The van der Waals surface area contributed by atoms with Crippen LogP contribution >= 0.6 is 0 Å². The Hall–Kier alpha value is -1.59. The van der Waals surface area contributed by atoms with Crippen molar-refractivity contribution >= 4 is 11.6 Å². The first-order valence-electron chi connectivity index (χ1n) is 6.47. The summed E-state index contributed by atoms with van der Waals surface area (Å²) in [5.74, 6) is 0.588. The van der Waals surface area contributed by atoms with Crippen LogP contribution in [-0.2, 0) is 4.79 Å². The molecule has 1 aliphatic rings. The molecule has 2 rings (SSSR count). The summed E-state index contributed by atoms with van der Waals surface area (Å²) in [5.41, 5.74) is 0.462. The molecule has 104 valence electrons. The predicted molar refractivity (Wildman–Crippen MR) is 73.3 cm³/mol. The zero-order valence-electron chi connectivity index (χ0n) is 11.1. The molecular weight excluding hydrogens is 244 g/mol. The molecule has 0 spiro atoms. The summed E-state index contributed by atoms with van der Waals surface area (Å²) in [6, 6.07) is 7.22. The SMILES string of the molecule is COc1cccc(NC(=O)CNC2(CO)CCC2)c1. The molecule has 1 aliphatic carbocycles. The maximum Gasteiger partial charge on any atom is 0.238 e. The minimum Gasteiger partial charge on any atom is -0.497 e. The number of carbonyl (C=O) groups excluding carboxylic acids is 1. The molecule has 0 saturated heterocycles. The number of rotatable bonds is 6. The molecule has 0 bridgehead atoms. The first-order chi connectivity index (χ1) is 9.17. The lowest BCUT2D eigenvalue weighted by Crippen LogP contribution is -2.55. The van der Waals surface area contributed by atoms with Crippen molar-refractivity contribution in [2.45, 2.75) is 24.8 Å².